The number of rotatable bonds is 6. The van der Waals surface area contributed by atoms with Crippen LogP contribution in [0.1, 0.15) is 45.4 Å². The van der Waals surface area contributed by atoms with E-state index in [-0.39, 0.29) is 0 Å². The number of aromatic nitrogens is 1. The van der Waals surface area contributed by atoms with E-state index in [9.17, 15) is 0 Å². The van der Waals surface area contributed by atoms with E-state index in [2.05, 4.69) is 61.4 Å². The van der Waals surface area contributed by atoms with Crippen molar-refractivity contribution in [3.63, 3.8) is 0 Å². The molecule has 0 fully saturated rings. The molecular formula is C20H27NS2. The predicted octanol–water partition coefficient (Wildman–Crippen LogP) is 6.89. The van der Waals surface area contributed by atoms with Crippen LogP contribution >= 0.6 is 25.3 Å². The second kappa shape index (κ2) is 9.94. The van der Waals surface area contributed by atoms with Gasteiger partial charge in [-0.2, -0.15) is 12.6 Å². The van der Waals surface area contributed by atoms with Gasteiger partial charge in [-0.1, -0.05) is 69.4 Å². The normalized spacial score (nSPS) is 10.7. The molecule has 0 aliphatic rings. The maximum Gasteiger partial charge on any atom is 0.0600 e. The van der Waals surface area contributed by atoms with Crippen LogP contribution in [0.15, 0.2) is 47.4 Å². The fourth-order valence-electron chi connectivity index (χ4n) is 2.75. The molecule has 124 valence electrons. The number of benzene rings is 2. The lowest BCUT2D eigenvalue weighted by Crippen LogP contribution is -1.78. The van der Waals surface area contributed by atoms with Crippen molar-refractivity contribution in [3.05, 3.63) is 42.5 Å². The van der Waals surface area contributed by atoms with E-state index in [1.165, 1.54) is 54.8 Å². The molecule has 1 aromatic heterocycles. The van der Waals surface area contributed by atoms with Gasteiger partial charge in [0.15, 0.2) is 0 Å². The molecule has 0 radical (unpaired) electrons. The van der Waals surface area contributed by atoms with Crippen LogP contribution in [0.2, 0.25) is 0 Å². The molecule has 3 heteroatoms. The van der Waals surface area contributed by atoms with E-state index >= 15 is 0 Å². The minimum Gasteiger partial charge on any atom is -0.354 e. The summed E-state index contributed by atoms with van der Waals surface area (Å²) in [6.45, 7) is 2.25. The smallest absolute Gasteiger partial charge is 0.0600 e. The van der Waals surface area contributed by atoms with Gasteiger partial charge in [-0.15, -0.1) is 12.6 Å². The lowest BCUT2D eigenvalue weighted by Gasteiger charge is -1.95. The maximum absolute atomic E-state index is 4.43. The van der Waals surface area contributed by atoms with E-state index < -0.39 is 0 Å². The van der Waals surface area contributed by atoms with Crippen molar-refractivity contribution in [1.82, 2.24) is 4.98 Å². The summed E-state index contributed by atoms with van der Waals surface area (Å²) in [6, 6.07) is 14.5. The highest BCUT2D eigenvalue weighted by atomic mass is 32.1. The van der Waals surface area contributed by atoms with E-state index in [1.807, 2.05) is 18.2 Å². The lowest BCUT2D eigenvalue weighted by atomic mass is 10.1. The minimum absolute atomic E-state index is 0.999. The van der Waals surface area contributed by atoms with Gasteiger partial charge in [0, 0.05) is 21.2 Å². The third-order valence-corrected chi connectivity index (χ3v) is 4.72. The van der Waals surface area contributed by atoms with E-state index in [0.29, 0.717) is 0 Å². The Bertz CT molecular complexity index is 712. The van der Waals surface area contributed by atoms with E-state index in [0.717, 1.165) is 16.2 Å². The Kier molecular flexibility index (Phi) is 7.90. The summed E-state index contributed by atoms with van der Waals surface area (Å²) in [6.07, 6.45) is 8.27. The van der Waals surface area contributed by atoms with Crippen LogP contribution in [0.3, 0.4) is 0 Å². The van der Waals surface area contributed by atoms with Gasteiger partial charge >= 0.3 is 0 Å². The maximum atomic E-state index is 4.43. The number of aromatic amines is 1. The fraction of sp³-hybridized carbons (Fsp3) is 0.400. The molecule has 0 aliphatic heterocycles. The lowest BCUT2D eigenvalue weighted by molar-refractivity contribution is 0.627. The average Bonchev–Trinajstić information content (AvgIpc) is 2.96. The summed E-state index contributed by atoms with van der Waals surface area (Å²) in [4.78, 5) is 4.37. The van der Waals surface area contributed by atoms with Gasteiger partial charge in [0.2, 0.25) is 0 Å². The van der Waals surface area contributed by atoms with Gasteiger partial charge in [-0.25, -0.2) is 0 Å². The summed E-state index contributed by atoms with van der Waals surface area (Å²) in [5.74, 6) is 1.06. The van der Waals surface area contributed by atoms with Gasteiger partial charge in [-0.3, -0.25) is 0 Å². The fourth-order valence-corrected chi connectivity index (χ4v) is 3.24. The Hall–Kier alpha value is -1.06. The zero-order valence-corrected chi connectivity index (χ0v) is 15.7. The highest BCUT2D eigenvalue weighted by molar-refractivity contribution is 7.80. The molecule has 0 aliphatic carbocycles. The SMILES string of the molecule is CCCCCCCCS.Sc1cccc2c1[nH]c1ccccc12. The molecule has 0 spiro atoms. The Morgan fingerprint density at radius 1 is 0.826 bits per heavy atom. The summed E-state index contributed by atoms with van der Waals surface area (Å²) in [5.41, 5.74) is 2.29. The number of thiol groups is 2. The molecule has 0 atom stereocenters. The Labute approximate surface area is 150 Å². The van der Waals surface area contributed by atoms with Crippen molar-refractivity contribution in [2.75, 3.05) is 5.75 Å². The third kappa shape index (κ3) is 5.22. The molecule has 1 N–H and O–H groups in total. The van der Waals surface area contributed by atoms with Crippen LogP contribution in [-0.4, -0.2) is 10.7 Å². The molecule has 0 bridgehead atoms. The van der Waals surface area contributed by atoms with Crippen LogP contribution in [0.25, 0.3) is 21.8 Å². The average molecular weight is 346 g/mol. The van der Waals surface area contributed by atoms with Crippen molar-refractivity contribution in [2.24, 2.45) is 0 Å². The molecular weight excluding hydrogens is 318 g/mol. The summed E-state index contributed by atoms with van der Waals surface area (Å²) >= 11 is 8.58. The molecule has 0 saturated heterocycles. The Morgan fingerprint density at radius 3 is 2.30 bits per heavy atom. The topological polar surface area (TPSA) is 15.8 Å². The largest absolute Gasteiger partial charge is 0.354 e. The standard InChI is InChI=1S/C12H9NS.C8H18S/c14-11-7-3-5-9-8-4-1-2-6-10(8)13-12(9)11;1-2-3-4-5-6-7-8-9/h1-7,13-14H;9H,2-8H2,1H3. The summed E-state index contributed by atoms with van der Waals surface area (Å²) in [5, 5.41) is 2.51. The number of H-pyrrole nitrogens is 1. The van der Waals surface area contributed by atoms with Crippen molar-refractivity contribution in [1.29, 1.82) is 0 Å². The number of hydrogen-bond donors (Lipinski definition) is 3. The van der Waals surface area contributed by atoms with Crippen LogP contribution in [0.5, 0.6) is 0 Å². The number of nitrogens with one attached hydrogen (secondary N) is 1. The number of fused-ring (bicyclic) bond motifs is 3. The van der Waals surface area contributed by atoms with Gasteiger partial charge in [0.25, 0.3) is 0 Å². The predicted molar refractivity (Wildman–Crippen MR) is 110 cm³/mol. The van der Waals surface area contributed by atoms with Gasteiger partial charge in [0.1, 0.15) is 0 Å². The molecule has 23 heavy (non-hydrogen) atoms. The van der Waals surface area contributed by atoms with Crippen LogP contribution < -0.4 is 0 Å². The molecule has 1 nitrogen and oxygen atoms in total. The van der Waals surface area contributed by atoms with E-state index in [4.69, 9.17) is 0 Å². The van der Waals surface area contributed by atoms with Gasteiger partial charge in [-0.05, 0) is 24.3 Å². The highest BCUT2D eigenvalue weighted by Gasteiger charge is 2.04. The Balaban J connectivity index is 0.000000188. The van der Waals surface area contributed by atoms with Crippen molar-refractivity contribution in [2.45, 2.75) is 50.3 Å². The zero-order chi connectivity index (χ0) is 16.5. The first-order valence-electron chi connectivity index (χ1n) is 8.57. The number of para-hydroxylation sites is 2. The van der Waals surface area contributed by atoms with E-state index in [1.54, 1.807) is 0 Å². The first-order chi connectivity index (χ1) is 11.3. The molecule has 3 rings (SSSR count). The minimum atomic E-state index is 0.999. The molecule has 1 heterocycles. The van der Waals surface area contributed by atoms with Gasteiger partial charge < -0.3 is 4.98 Å². The quantitative estimate of drug-likeness (QED) is 0.319. The summed E-state index contributed by atoms with van der Waals surface area (Å²) < 4.78 is 0. The van der Waals surface area contributed by atoms with Gasteiger partial charge in [0.05, 0.1) is 5.52 Å². The first kappa shape index (κ1) is 18.3. The zero-order valence-electron chi connectivity index (χ0n) is 13.9. The number of unbranched alkanes of at least 4 members (excludes halogenated alkanes) is 5. The molecule has 0 unspecified atom stereocenters. The molecule has 0 saturated carbocycles. The second-order valence-electron chi connectivity index (χ2n) is 5.86. The van der Waals surface area contributed by atoms with Crippen molar-refractivity contribution in [3.8, 4) is 0 Å². The molecule has 2 aromatic carbocycles. The van der Waals surface area contributed by atoms with Crippen LogP contribution in [0, 0.1) is 0 Å². The summed E-state index contributed by atoms with van der Waals surface area (Å²) in [7, 11) is 0. The third-order valence-electron chi connectivity index (χ3n) is 4.03. The molecule has 0 amide bonds. The van der Waals surface area contributed by atoms with Crippen LogP contribution in [-0.2, 0) is 0 Å². The Morgan fingerprint density at radius 2 is 1.52 bits per heavy atom. The van der Waals surface area contributed by atoms with Crippen molar-refractivity contribution >= 4 is 47.1 Å². The number of hydrogen-bond acceptors (Lipinski definition) is 2. The monoisotopic (exact) mass is 345 g/mol. The second-order valence-corrected chi connectivity index (χ2v) is 6.79. The van der Waals surface area contributed by atoms with Crippen LogP contribution in [0.4, 0.5) is 0 Å². The first-order valence-corrected chi connectivity index (χ1v) is 9.65. The molecule has 3 aromatic rings. The highest BCUT2D eigenvalue weighted by Crippen LogP contribution is 2.28. The van der Waals surface area contributed by atoms with Crippen molar-refractivity contribution < 1.29 is 0 Å².